The maximum atomic E-state index is 11.4. The molecule has 1 unspecified atom stereocenters. The van der Waals surface area contributed by atoms with Gasteiger partial charge in [-0.15, -0.1) is 0 Å². The number of nitrogens with one attached hydrogen (secondary N) is 1. The molecule has 0 aromatic heterocycles. The van der Waals surface area contributed by atoms with E-state index in [1.54, 1.807) is 12.2 Å². The highest BCUT2D eigenvalue weighted by molar-refractivity contribution is 5.78. The van der Waals surface area contributed by atoms with Crippen LogP contribution in [0.1, 0.15) is 43.9 Å². The summed E-state index contributed by atoms with van der Waals surface area (Å²) in [5.41, 5.74) is 2.47. The van der Waals surface area contributed by atoms with E-state index in [4.69, 9.17) is 9.47 Å². The number of allylic oxidation sites excluding steroid dienone is 9. The van der Waals surface area contributed by atoms with Crippen LogP contribution < -0.4 is 5.32 Å². The second kappa shape index (κ2) is 15.5. The van der Waals surface area contributed by atoms with Crippen LogP contribution in [0, 0.1) is 6.92 Å². The lowest BCUT2D eigenvalue weighted by molar-refractivity contribution is -0.145. The van der Waals surface area contributed by atoms with Gasteiger partial charge in [0, 0.05) is 18.5 Å². The fraction of sp³-hybridized carbons (Fsp3) is 0.345. The van der Waals surface area contributed by atoms with Gasteiger partial charge in [0.15, 0.2) is 0 Å². The third-order valence-electron chi connectivity index (χ3n) is 5.42. The number of aliphatic carboxylic acids is 1. The molecular formula is C29H39NO5. The molecule has 0 aliphatic rings. The molecule has 0 aliphatic heterocycles. The van der Waals surface area contributed by atoms with Crippen molar-refractivity contribution in [3.63, 3.8) is 0 Å². The number of benzene rings is 1. The van der Waals surface area contributed by atoms with E-state index in [1.807, 2.05) is 69.4 Å². The summed E-state index contributed by atoms with van der Waals surface area (Å²) in [6, 6.07) is 5.92. The summed E-state index contributed by atoms with van der Waals surface area (Å²) in [7, 11) is 0. The van der Waals surface area contributed by atoms with E-state index in [2.05, 4.69) is 18.5 Å². The Kier molecular flexibility index (Phi) is 13.2. The Morgan fingerprint density at radius 1 is 1.17 bits per heavy atom. The van der Waals surface area contributed by atoms with Gasteiger partial charge >= 0.3 is 5.97 Å². The molecule has 6 heteroatoms. The van der Waals surface area contributed by atoms with Crippen LogP contribution in [0.25, 0.3) is 6.08 Å². The molecule has 0 heterocycles. The monoisotopic (exact) mass is 481 g/mol. The molecule has 3 N–H and O–H groups in total. The van der Waals surface area contributed by atoms with Crippen molar-refractivity contribution in [2.75, 3.05) is 19.8 Å². The number of aliphatic hydroxyl groups is 1. The van der Waals surface area contributed by atoms with Gasteiger partial charge in [-0.05, 0) is 43.5 Å². The molecule has 1 aromatic rings. The number of aliphatic hydroxyl groups excluding tert-OH is 1. The maximum absolute atomic E-state index is 11.4. The minimum atomic E-state index is -1.40. The summed E-state index contributed by atoms with van der Waals surface area (Å²) in [5, 5.41) is 21.7. The van der Waals surface area contributed by atoms with Crippen LogP contribution in [0.15, 0.2) is 84.9 Å². The lowest BCUT2D eigenvalue weighted by Crippen LogP contribution is -2.52. The number of carbonyl (C=O) groups is 1. The molecule has 190 valence electrons. The molecule has 0 spiro atoms. The number of ether oxygens (including phenoxy) is 2. The number of aryl methyl sites for hydroxylation is 1. The Bertz CT molecular complexity index is 987. The van der Waals surface area contributed by atoms with E-state index in [-0.39, 0.29) is 0 Å². The van der Waals surface area contributed by atoms with Crippen molar-refractivity contribution < 1.29 is 24.5 Å². The third kappa shape index (κ3) is 10.2. The summed E-state index contributed by atoms with van der Waals surface area (Å²) in [6.07, 6.45) is 13.8. The fourth-order valence-electron chi connectivity index (χ4n) is 2.97. The normalized spacial score (nSPS) is 14.5. The Hall–Kier alpha value is -3.35. The van der Waals surface area contributed by atoms with Gasteiger partial charge in [0.25, 0.3) is 0 Å². The number of carboxylic acid groups (broad SMARTS) is 1. The highest BCUT2D eigenvalue weighted by Gasteiger charge is 2.31. The van der Waals surface area contributed by atoms with E-state index in [9.17, 15) is 15.0 Å². The fourth-order valence-corrected chi connectivity index (χ4v) is 2.97. The molecule has 0 saturated carbocycles. The number of hydrogen-bond acceptors (Lipinski definition) is 5. The average molecular weight is 482 g/mol. The van der Waals surface area contributed by atoms with Gasteiger partial charge in [-0.25, -0.2) is 0 Å². The number of hydrogen-bond donors (Lipinski definition) is 3. The molecule has 1 atom stereocenters. The summed E-state index contributed by atoms with van der Waals surface area (Å²) in [4.78, 5) is 11.4. The first-order valence-corrected chi connectivity index (χ1v) is 11.6. The maximum Gasteiger partial charge on any atom is 0.326 e. The van der Waals surface area contributed by atoms with Crippen molar-refractivity contribution in [3.05, 3.63) is 102 Å². The van der Waals surface area contributed by atoms with Crippen LogP contribution >= 0.6 is 0 Å². The van der Waals surface area contributed by atoms with Gasteiger partial charge in [-0.3, -0.25) is 10.1 Å². The first-order valence-electron chi connectivity index (χ1n) is 11.6. The molecule has 0 aliphatic carbocycles. The van der Waals surface area contributed by atoms with Crippen molar-refractivity contribution in [3.8, 4) is 0 Å². The van der Waals surface area contributed by atoms with Gasteiger partial charge in [-0.2, -0.15) is 0 Å². The molecule has 0 amide bonds. The van der Waals surface area contributed by atoms with Crippen molar-refractivity contribution in [2.24, 2.45) is 0 Å². The first-order chi connectivity index (χ1) is 16.7. The molecule has 1 aromatic carbocycles. The van der Waals surface area contributed by atoms with Crippen molar-refractivity contribution in [1.29, 1.82) is 0 Å². The van der Waals surface area contributed by atoms with Crippen LogP contribution in [0.4, 0.5) is 0 Å². The molecule has 1 rings (SSSR count). The van der Waals surface area contributed by atoms with Crippen molar-refractivity contribution in [1.82, 2.24) is 5.32 Å². The number of carboxylic acids is 1. The summed E-state index contributed by atoms with van der Waals surface area (Å²) < 4.78 is 11.6. The van der Waals surface area contributed by atoms with Crippen molar-refractivity contribution >= 4 is 12.0 Å². The van der Waals surface area contributed by atoms with Crippen LogP contribution in [0.3, 0.4) is 0 Å². The standard InChI is InChI=1S/C29H39NO5/c1-7-10-12-25(23(5)34-17-18-35-27(9-3)11-8-2)15-16-26-19-24(14-13-22(26)4)20-30-29(6,21-31)28(32)33/h7-8,10-16,19,30-31H,1-2,9,17-18,20-21H2,3-6H3,(H,32,33)/b12-10-,16-15+,25-23+,27-11+. The zero-order valence-corrected chi connectivity index (χ0v) is 21.3. The van der Waals surface area contributed by atoms with Gasteiger partial charge < -0.3 is 19.7 Å². The molecular weight excluding hydrogens is 442 g/mol. The molecule has 35 heavy (non-hydrogen) atoms. The molecule has 0 radical (unpaired) electrons. The molecule has 0 saturated heterocycles. The Balaban J connectivity index is 2.99. The van der Waals surface area contributed by atoms with Gasteiger partial charge in [0.05, 0.1) is 12.4 Å². The minimum absolute atomic E-state index is 0.311. The van der Waals surface area contributed by atoms with Gasteiger partial charge in [0.2, 0.25) is 0 Å². The van der Waals surface area contributed by atoms with Crippen LogP contribution in [-0.2, 0) is 20.8 Å². The topological polar surface area (TPSA) is 88.0 Å². The predicted octanol–water partition coefficient (Wildman–Crippen LogP) is 5.46. The van der Waals surface area contributed by atoms with Gasteiger partial charge in [-0.1, -0.05) is 74.7 Å². The molecule has 6 nitrogen and oxygen atoms in total. The molecule has 0 fully saturated rings. The zero-order chi connectivity index (χ0) is 26.3. The van der Waals surface area contributed by atoms with E-state index in [1.165, 1.54) is 6.92 Å². The van der Waals surface area contributed by atoms with E-state index in [0.717, 1.165) is 40.2 Å². The largest absolute Gasteiger partial charge is 0.494 e. The average Bonchev–Trinajstić information content (AvgIpc) is 2.85. The lowest BCUT2D eigenvalue weighted by Gasteiger charge is -2.24. The summed E-state index contributed by atoms with van der Waals surface area (Å²) in [5.74, 6) is 0.522. The van der Waals surface area contributed by atoms with Crippen LogP contribution in [0.5, 0.6) is 0 Å². The van der Waals surface area contributed by atoms with Crippen LogP contribution in [0.2, 0.25) is 0 Å². The Morgan fingerprint density at radius 3 is 2.49 bits per heavy atom. The molecule has 0 bridgehead atoms. The summed E-state index contributed by atoms with van der Waals surface area (Å²) >= 11 is 0. The first kappa shape index (κ1) is 29.7. The highest BCUT2D eigenvalue weighted by Crippen LogP contribution is 2.18. The number of rotatable bonds is 16. The Labute approximate surface area is 209 Å². The second-order valence-electron chi connectivity index (χ2n) is 8.20. The van der Waals surface area contributed by atoms with Crippen molar-refractivity contribution in [2.45, 2.75) is 46.2 Å². The lowest BCUT2D eigenvalue weighted by atomic mass is 10.0. The SMILES string of the molecule is C=C\C=C/C(/C=C/c1cc(CNC(C)(CO)C(=O)O)ccc1C)=C(/C)OCCO/C(=C/C=C)CC. The zero-order valence-electron chi connectivity index (χ0n) is 21.3. The second-order valence-corrected chi connectivity index (χ2v) is 8.20. The predicted molar refractivity (Wildman–Crippen MR) is 143 cm³/mol. The van der Waals surface area contributed by atoms with E-state index >= 15 is 0 Å². The highest BCUT2D eigenvalue weighted by atomic mass is 16.5. The van der Waals surface area contributed by atoms with Crippen LogP contribution in [-0.4, -0.2) is 41.5 Å². The quantitative estimate of drug-likeness (QED) is 0.165. The minimum Gasteiger partial charge on any atom is -0.494 e. The smallest absolute Gasteiger partial charge is 0.326 e. The Morgan fingerprint density at radius 2 is 1.89 bits per heavy atom. The van der Waals surface area contributed by atoms with Gasteiger partial charge in [0.1, 0.15) is 24.5 Å². The third-order valence-corrected chi connectivity index (χ3v) is 5.42. The van der Waals surface area contributed by atoms with E-state index in [0.29, 0.717) is 19.8 Å². The van der Waals surface area contributed by atoms with E-state index < -0.39 is 18.1 Å². The summed E-state index contributed by atoms with van der Waals surface area (Å²) in [6.45, 7) is 15.5.